The zero-order valence-corrected chi connectivity index (χ0v) is 16.7. The van der Waals surface area contributed by atoms with E-state index in [2.05, 4.69) is 34.2 Å². The topological polar surface area (TPSA) is 44.8 Å². The fourth-order valence-electron chi connectivity index (χ4n) is 4.38. The molecule has 2 aromatic rings. The second kappa shape index (κ2) is 8.33. The lowest BCUT2D eigenvalue weighted by Crippen LogP contribution is -2.57. The number of nitrogens with zero attached hydrogens (tertiary/aromatic N) is 2. The van der Waals surface area contributed by atoms with E-state index >= 15 is 0 Å². The van der Waals surface area contributed by atoms with Gasteiger partial charge in [0.1, 0.15) is 5.75 Å². The van der Waals surface area contributed by atoms with E-state index in [0.717, 1.165) is 43.9 Å². The van der Waals surface area contributed by atoms with Crippen molar-refractivity contribution in [3.63, 3.8) is 0 Å². The van der Waals surface area contributed by atoms with E-state index in [-0.39, 0.29) is 11.9 Å². The summed E-state index contributed by atoms with van der Waals surface area (Å²) in [5.74, 6) is 1.05. The number of fused-ring (bicyclic) bond motifs is 2. The van der Waals surface area contributed by atoms with Crippen LogP contribution in [0.4, 0.5) is 0 Å². The minimum Gasteiger partial charge on any atom is -0.497 e. The lowest BCUT2D eigenvalue weighted by molar-refractivity contribution is 0.0492. The van der Waals surface area contributed by atoms with Gasteiger partial charge in [-0.05, 0) is 43.2 Å². The molecule has 0 aliphatic carbocycles. The molecule has 2 aliphatic heterocycles. The van der Waals surface area contributed by atoms with E-state index in [4.69, 9.17) is 4.74 Å². The van der Waals surface area contributed by atoms with E-state index in [9.17, 15) is 4.79 Å². The second-order valence-electron chi connectivity index (χ2n) is 7.82. The van der Waals surface area contributed by atoms with Crippen molar-refractivity contribution in [2.24, 2.45) is 0 Å². The Hall–Kier alpha value is -2.37. The van der Waals surface area contributed by atoms with Gasteiger partial charge in [-0.2, -0.15) is 0 Å². The molecule has 4 unspecified atom stereocenters. The Morgan fingerprint density at radius 3 is 2.79 bits per heavy atom. The molecule has 0 aromatic heterocycles. The van der Waals surface area contributed by atoms with Crippen LogP contribution in [0.25, 0.3) is 0 Å². The molecule has 0 saturated carbocycles. The lowest BCUT2D eigenvalue weighted by Gasteiger charge is -2.40. The minimum atomic E-state index is 0.165. The van der Waals surface area contributed by atoms with E-state index < -0.39 is 0 Å². The molecule has 2 saturated heterocycles. The summed E-state index contributed by atoms with van der Waals surface area (Å²) in [6.45, 7) is 5.89. The van der Waals surface area contributed by atoms with Crippen molar-refractivity contribution in [3.05, 3.63) is 65.7 Å². The van der Waals surface area contributed by atoms with Crippen LogP contribution in [0.5, 0.6) is 5.75 Å². The molecular formula is C23H29N3O2. The monoisotopic (exact) mass is 379 g/mol. The quantitative estimate of drug-likeness (QED) is 0.838. The van der Waals surface area contributed by atoms with Crippen LogP contribution in [-0.4, -0.2) is 61.1 Å². The van der Waals surface area contributed by atoms with Crippen LogP contribution >= 0.6 is 0 Å². The Kier molecular flexibility index (Phi) is 5.64. The van der Waals surface area contributed by atoms with Gasteiger partial charge >= 0.3 is 0 Å². The summed E-state index contributed by atoms with van der Waals surface area (Å²) in [5, 5.41) is 3.67. The molecule has 1 N–H and O–H groups in total. The Bertz CT molecular complexity index is 811. The van der Waals surface area contributed by atoms with Crippen molar-refractivity contribution in [1.82, 2.24) is 15.1 Å². The number of piperazine rings is 1. The Labute approximate surface area is 167 Å². The van der Waals surface area contributed by atoms with Crippen molar-refractivity contribution in [1.29, 1.82) is 0 Å². The molecule has 148 valence electrons. The number of hydrogen-bond donors (Lipinski definition) is 1. The first-order valence-corrected chi connectivity index (χ1v) is 10.1. The van der Waals surface area contributed by atoms with Crippen LogP contribution in [0, 0.1) is 0 Å². The maximum atomic E-state index is 13.0. The first-order valence-electron chi connectivity index (χ1n) is 10.1. The van der Waals surface area contributed by atoms with Gasteiger partial charge in [0.25, 0.3) is 5.91 Å². The van der Waals surface area contributed by atoms with Crippen molar-refractivity contribution >= 4 is 5.91 Å². The predicted octanol–water partition coefficient (Wildman–Crippen LogP) is 2.94. The zero-order chi connectivity index (χ0) is 19.5. The van der Waals surface area contributed by atoms with Crippen LogP contribution in [-0.2, 0) is 0 Å². The third-order valence-electron chi connectivity index (χ3n) is 6.09. The average molecular weight is 380 g/mol. The first kappa shape index (κ1) is 19.0. The summed E-state index contributed by atoms with van der Waals surface area (Å²) in [6, 6.07) is 18.8. The normalized spacial score (nSPS) is 24.8. The standard InChI is InChI=1S/C23H29N3O2/c1-17(19-9-6-10-22(13-19)28-2)24-14-21-16-26(20-11-12-25(21)15-20)23(27)18-7-4-3-5-8-18/h3-10,13,17,20-21,24H,11-12,14-16H2,1-2H3. The molecule has 0 spiro atoms. The summed E-state index contributed by atoms with van der Waals surface area (Å²) in [4.78, 5) is 17.7. The fraction of sp³-hybridized carbons (Fsp3) is 0.435. The van der Waals surface area contributed by atoms with Crippen LogP contribution in [0.1, 0.15) is 35.3 Å². The van der Waals surface area contributed by atoms with Gasteiger partial charge < -0.3 is 15.0 Å². The van der Waals surface area contributed by atoms with Gasteiger partial charge in [-0.1, -0.05) is 30.3 Å². The van der Waals surface area contributed by atoms with E-state index in [1.807, 2.05) is 42.5 Å². The van der Waals surface area contributed by atoms with Crippen LogP contribution < -0.4 is 10.1 Å². The SMILES string of the molecule is COc1cccc(C(C)NCC2CN(C(=O)c3ccccc3)C3CCN2C3)c1. The molecule has 5 heteroatoms. The molecule has 2 bridgehead atoms. The number of methoxy groups -OCH3 is 1. The highest BCUT2D eigenvalue weighted by Gasteiger charge is 2.40. The Morgan fingerprint density at radius 1 is 1.18 bits per heavy atom. The number of nitrogens with one attached hydrogen (secondary N) is 1. The van der Waals surface area contributed by atoms with Crippen molar-refractivity contribution in [3.8, 4) is 5.75 Å². The summed E-state index contributed by atoms with van der Waals surface area (Å²) in [6.07, 6.45) is 1.07. The summed E-state index contributed by atoms with van der Waals surface area (Å²) < 4.78 is 5.34. The maximum Gasteiger partial charge on any atom is 0.254 e. The van der Waals surface area contributed by atoms with Gasteiger partial charge in [-0.15, -0.1) is 0 Å². The zero-order valence-electron chi connectivity index (χ0n) is 16.7. The van der Waals surface area contributed by atoms with E-state index in [1.54, 1.807) is 7.11 Å². The van der Waals surface area contributed by atoms with Gasteiger partial charge in [0.15, 0.2) is 0 Å². The summed E-state index contributed by atoms with van der Waals surface area (Å²) >= 11 is 0. The molecule has 4 atom stereocenters. The van der Waals surface area contributed by atoms with Crippen LogP contribution in [0.15, 0.2) is 54.6 Å². The molecule has 2 heterocycles. The van der Waals surface area contributed by atoms with Crippen molar-refractivity contribution < 1.29 is 9.53 Å². The maximum absolute atomic E-state index is 13.0. The van der Waals surface area contributed by atoms with Crippen molar-refractivity contribution in [2.75, 3.05) is 33.3 Å². The minimum absolute atomic E-state index is 0.165. The number of carbonyl (C=O) groups excluding carboxylic acids is 1. The smallest absolute Gasteiger partial charge is 0.254 e. The summed E-state index contributed by atoms with van der Waals surface area (Å²) in [5.41, 5.74) is 2.01. The van der Waals surface area contributed by atoms with Gasteiger partial charge in [-0.25, -0.2) is 0 Å². The van der Waals surface area contributed by atoms with Crippen LogP contribution in [0.2, 0.25) is 0 Å². The number of amides is 1. The number of hydrogen-bond acceptors (Lipinski definition) is 4. The number of carbonyl (C=O) groups is 1. The number of ether oxygens (including phenoxy) is 1. The Balaban J connectivity index is 1.41. The third-order valence-corrected chi connectivity index (χ3v) is 6.09. The molecule has 2 aromatic carbocycles. The number of benzene rings is 2. The molecule has 5 nitrogen and oxygen atoms in total. The highest BCUT2D eigenvalue weighted by Crippen LogP contribution is 2.27. The van der Waals surface area contributed by atoms with Crippen LogP contribution in [0.3, 0.4) is 0 Å². The average Bonchev–Trinajstić information content (AvgIpc) is 3.17. The highest BCUT2D eigenvalue weighted by atomic mass is 16.5. The van der Waals surface area contributed by atoms with Gasteiger partial charge in [0, 0.05) is 49.9 Å². The molecular weight excluding hydrogens is 350 g/mol. The molecule has 28 heavy (non-hydrogen) atoms. The summed E-state index contributed by atoms with van der Waals surface area (Å²) in [7, 11) is 1.70. The predicted molar refractivity (Wildman–Crippen MR) is 111 cm³/mol. The second-order valence-corrected chi connectivity index (χ2v) is 7.82. The number of rotatable bonds is 6. The first-order chi connectivity index (χ1) is 13.7. The molecule has 1 amide bonds. The molecule has 2 aliphatic rings. The molecule has 0 radical (unpaired) electrons. The third kappa shape index (κ3) is 3.91. The van der Waals surface area contributed by atoms with E-state index in [1.165, 1.54) is 5.56 Å². The highest BCUT2D eigenvalue weighted by molar-refractivity contribution is 5.94. The fourth-order valence-corrected chi connectivity index (χ4v) is 4.38. The molecule has 2 fully saturated rings. The lowest BCUT2D eigenvalue weighted by atomic mass is 10.1. The van der Waals surface area contributed by atoms with Gasteiger partial charge in [0.2, 0.25) is 0 Å². The van der Waals surface area contributed by atoms with Gasteiger partial charge in [0.05, 0.1) is 7.11 Å². The van der Waals surface area contributed by atoms with Crippen molar-refractivity contribution in [2.45, 2.75) is 31.5 Å². The largest absolute Gasteiger partial charge is 0.497 e. The van der Waals surface area contributed by atoms with E-state index in [0.29, 0.717) is 12.1 Å². The Morgan fingerprint density at radius 2 is 2.00 bits per heavy atom. The molecule has 4 rings (SSSR count). The van der Waals surface area contributed by atoms with Gasteiger partial charge in [-0.3, -0.25) is 9.69 Å².